The Balaban J connectivity index is 2.08. The normalized spacial score (nSPS) is 9.85. The van der Waals surface area contributed by atoms with Gasteiger partial charge in [0.1, 0.15) is 12.4 Å². The van der Waals surface area contributed by atoms with E-state index in [-0.39, 0.29) is 6.61 Å². The van der Waals surface area contributed by atoms with E-state index in [1.54, 1.807) is 0 Å². The van der Waals surface area contributed by atoms with E-state index in [1.165, 1.54) is 5.56 Å². The summed E-state index contributed by atoms with van der Waals surface area (Å²) in [5.74, 6) is 3.31. The molecule has 102 valence electrons. The van der Waals surface area contributed by atoms with Gasteiger partial charge in [-0.3, -0.25) is 0 Å². The quantitative estimate of drug-likeness (QED) is 0.822. The fourth-order valence-electron chi connectivity index (χ4n) is 1.95. The van der Waals surface area contributed by atoms with Crippen molar-refractivity contribution < 1.29 is 4.74 Å². The van der Waals surface area contributed by atoms with Gasteiger partial charge in [-0.25, -0.2) is 0 Å². The molecule has 0 fully saturated rings. The molecule has 0 atom stereocenters. The summed E-state index contributed by atoms with van der Waals surface area (Å²) in [6, 6.07) is 14.1. The maximum atomic E-state index is 5.54. The number of para-hydroxylation sites is 1. The molecular formula is C17H16BrNO. The smallest absolute Gasteiger partial charge is 0.148 e. The van der Waals surface area contributed by atoms with Crippen LogP contribution in [0.5, 0.6) is 5.75 Å². The van der Waals surface area contributed by atoms with Crippen molar-refractivity contribution in [3.63, 3.8) is 0 Å². The van der Waals surface area contributed by atoms with Crippen molar-refractivity contribution in [1.29, 1.82) is 0 Å². The van der Waals surface area contributed by atoms with Gasteiger partial charge in [-0.1, -0.05) is 40.0 Å². The summed E-state index contributed by atoms with van der Waals surface area (Å²) in [6.45, 7) is 3.05. The molecule has 0 unspecified atom stereocenters. The molecule has 0 heterocycles. The Hall–Kier alpha value is -1.92. The summed E-state index contributed by atoms with van der Waals surface area (Å²) < 4.78 is 6.60. The molecule has 0 aliphatic heterocycles. The van der Waals surface area contributed by atoms with E-state index in [0.29, 0.717) is 6.54 Å². The second-order valence-corrected chi connectivity index (χ2v) is 5.39. The van der Waals surface area contributed by atoms with Gasteiger partial charge in [0.2, 0.25) is 0 Å². The molecule has 0 aromatic heterocycles. The summed E-state index contributed by atoms with van der Waals surface area (Å²) >= 11 is 3.50. The maximum absolute atomic E-state index is 5.54. The highest BCUT2D eigenvalue weighted by molar-refractivity contribution is 9.10. The van der Waals surface area contributed by atoms with Gasteiger partial charge in [-0.05, 0) is 36.8 Å². The van der Waals surface area contributed by atoms with Crippen LogP contribution in [0.2, 0.25) is 0 Å². The predicted molar refractivity (Wildman–Crippen MR) is 87.0 cm³/mol. The number of hydrogen-bond donors (Lipinski definition) is 1. The highest BCUT2D eigenvalue weighted by atomic mass is 79.9. The maximum Gasteiger partial charge on any atom is 0.148 e. The van der Waals surface area contributed by atoms with E-state index in [4.69, 9.17) is 11.2 Å². The zero-order chi connectivity index (χ0) is 14.4. The molecule has 3 heteroatoms. The summed E-state index contributed by atoms with van der Waals surface area (Å²) in [4.78, 5) is 0. The molecule has 0 saturated carbocycles. The molecule has 0 spiro atoms. The molecule has 0 saturated heterocycles. The number of anilines is 1. The zero-order valence-electron chi connectivity index (χ0n) is 11.3. The van der Waals surface area contributed by atoms with Gasteiger partial charge in [0, 0.05) is 22.3 Å². The first-order chi connectivity index (χ1) is 9.69. The van der Waals surface area contributed by atoms with Crippen molar-refractivity contribution in [2.75, 3.05) is 11.9 Å². The van der Waals surface area contributed by atoms with Gasteiger partial charge in [0.15, 0.2) is 0 Å². The van der Waals surface area contributed by atoms with Crippen molar-refractivity contribution >= 4 is 21.6 Å². The standard InChI is InChI=1S/C17H16BrNO/c1-3-8-20-17-7-5-4-6-14(17)12-19-16-10-13(2)9-15(18)11-16/h1,4-7,9-11,19H,8,12H2,2H3. The number of halogens is 1. The van der Waals surface area contributed by atoms with Crippen LogP contribution in [-0.4, -0.2) is 6.61 Å². The van der Waals surface area contributed by atoms with Crippen LogP contribution < -0.4 is 10.1 Å². The van der Waals surface area contributed by atoms with Crippen LogP contribution in [0.3, 0.4) is 0 Å². The molecule has 0 aliphatic carbocycles. The Morgan fingerprint density at radius 3 is 2.80 bits per heavy atom. The van der Waals surface area contributed by atoms with Crippen molar-refractivity contribution in [1.82, 2.24) is 0 Å². The van der Waals surface area contributed by atoms with E-state index in [0.717, 1.165) is 21.5 Å². The van der Waals surface area contributed by atoms with E-state index in [1.807, 2.05) is 24.3 Å². The van der Waals surface area contributed by atoms with Crippen molar-refractivity contribution in [3.05, 3.63) is 58.1 Å². The third kappa shape index (κ3) is 4.04. The number of benzene rings is 2. The van der Waals surface area contributed by atoms with Gasteiger partial charge in [0.25, 0.3) is 0 Å². The number of hydrogen-bond acceptors (Lipinski definition) is 2. The number of terminal acetylenes is 1. The van der Waals surface area contributed by atoms with Crippen LogP contribution in [0, 0.1) is 19.3 Å². The van der Waals surface area contributed by atoms with Crippen LogP contribution in [0.4, 0.5) is 5.69 Å². The van der Waals surface area contributed by atoms with E-state index >= 15 is 0 Å². The summed E-state index contributed by atoms with van der Waals surface area (Å²) in [7, 11) is 0. The number of nitrogens with one attached hydrogen (secondary N) is 1. The van der Waals surface area contributed by atoms with Crippen LogP contribution in [0.25, 0.3) is 0 Å². The first-order valence-electron chi connectivity index (χ1n) is 6.34. The first kappa shape index (κ1) is 14.5. The van der Waals surface area contributed by atoms with E-state index in [2.05, 4.69) is 52.3 Å². The Labute approximate surface area is 128 Å². The molecule has 2 aromatic carbocycles. The molecular weight excluding hydrogens is 314 g/mol. The molecule has 0 bridgehead atoms. The van der Waals surface area contributed by atoms with Gasteiger partial charge >= 0.3 is 0 Å². The van der Waals surface area contributed by atoms with Gasteiger partial charge < -0.3 is 10.1 Å². The third-order valence-corrected chi connectivity index (χ3v) is 3.27. The van der Waals surface area contributed by atoms with Crippen molar-refractivity contribution in [2.45, 2.75) is 13.5 Å². The predicted octanol–water partition coefficient (Wildman–Crippen LogP) is 4.38. The topological polar surface area (TPSA) is 21.3 Å². The minimum absolute atomic E-state index is 0.285. The monoisotopic (exact) mass is 329 g/mol. The summed E-state index contributed by atoms with van der Waals surface area (Å²) in [5, 5.41) is 3.40. The van der Waals surface area contributed by atoms with E-state index < -0.39 is 0 Å². The fraction of sp³-hybridized carbons (Fsp3) is 0.176. The number of aryl methyl sites for hydroxylation is 1. The number of ether oxygens (including phenoxy) is 1. The Morgan fingerprint density at radius 1 is 1.25 bits per heavy atom. The molecule has 0 radical (unpaired) electrons. The summed E-state index contributed by atoms with van der Waals surface area (Å²) in [6.07, 6.45) is 5.23. The SMILES string of the molecule is C#CCOc1ccccc1CNc1cc(C)cc(Br)c1. The van der Waals surface area contributed by atoms with Gasteiger partial charge in [-0.15, -0.1) is 6.42 Å². The van der Waals surface area contributed by atoms with E-state index in [9.17, 15) is 0 Å². The zero-order valence-corrected chi connectivity index (χ0v) is 12.9. The lowest BCUT2D eigenvalue weighted by Gasteiger charge is -2.12. The first-order valence-corrected chi connectivity index (χ1v) is 7.13. The van der Waals surface area contributed by atoms with Crippen LogP contribution in [0.1, 0.15) is 11.1 Å². The molecule has 1 N–H and O–H groups in total. The Morgan fingerprint density at radius 2 is 2.05 bits per heavy atom. The minimum Gasteiger partial charge on any atom is -0.481 e. The average molecular weight is 330 g/mol. The lowest BCUT2D eigenvalue weighted by atomic mass is 10.2. The van der Waals surface area contributed by atoms with Gasteiger partial charge in [-0.2, -0.15) is 0 Å². The molecule has 2 nitrogen and oxygen atoms in total. The fourth-order valence-corrected chi connectivity index (χ4v) is 2.55. The molecule has 2 aromatic rings. The molecule has 20 heavy (non-hydrogen) atoms. The average Bonchev–Trinajstić information content (AvgIpc) is 2.43. The second kappa shape index (κ2) is 7.02. The molecule has 0 aliphatic rings. The lowest BCUT2D eigenvalue weighted by Crippen LogP contribution is -2.03. The van der Waals surface area contributed by atoms with Crippen molar-refractivity contribution in [3.8, 4) is 18.1 Å². The minimum atomic E-state index is 0.285. The molecule has 0 amide bonds. The largest absolute Gasteiger partial charge is 0.481 e. The Kier molecular flexibility index (Phi) is 5.09. The van der Waals surface area contributed by atoms with Crippen LogP contribution in [-0.2, 0) is 6.54 Å². The highest BCUT2D eigenvalue weighted by Gasteiger charge is 2.03. The van der Waals surface area contributed by atoms with Crippen LogP contribution in [0.15, 0.2) is 46.9 Å². The molecule has 2 rings (SSSR count). The highest BCUT2D eigenvalue weighted by Crippen LogP contribution is 2.22. The van der Waals surface area contributed by atoms with Gasteiger partial charge in [0.05, 0.1) is 0 Å². The second-order valence-electron chi connectivity index (χ2n) is 4.47. The van der Waals surface area contributed by atoms with Crippen molar-refractivity contribution in [2.24, 2.45) is 0 Å². The Bertz CT molecular complexity index is 611. The van der Waals surface area contributed by atoms with Crippen LogP contribution >= 0.6 is 15.9 Å². The number of rotatable bonds is 5. The lowest BCUT2D eigenvalue weighted by molar-refractivity contribution is 0.366. The summed E-state index contributed by atoms with van der Waals surface area (Å²) in [5.41, 5.74) is 3.36. The third-order valence-electron chi connectivity index (χ3n) is 2.81.